The molecular weight excluding hydrogens is 340 g/mol. The second-order valence-corrected chi connectivity index (χ2v) is 7.87. The second kappa shape index (κ2) is 7.14. The third-order valence-corrected chi connectivity index (χ3v) is 4.56. The molecule has 1 amide bonds. The fraction of sp³-hybridized carbons (Fsp3) is 0.278. The molecule has 0 radical (unpaired) electrons. The van der Waals surface area contributed by atoms with Crippen LogP contribution in [0.1, 0.15) is 15.9 Å². The first kappa shape index (κ1) is 17.3. The molecule has 2 aromatic rings. The summed E-state index contributed by atoms with van der Waals surface area (Å²) in [6.07, 6.45) is 1.89. The summed E-state index contributed by atoms with van der Waals surface area (Å²) < 4.78 is 31.0. The third kappa shape index (κ3) is 4.51. The van der Waals surface area contributed by atoms with Gasteiger partial charge in [0.05, 0.1) is 24.1 Å². The van der Waals surface area contributed by atoms with Crippen molar-refractivity contribution in [2.75, 3.05) is 24.1 Å². The fourth-order valence-corrected chi connectivity index (χ4v) is 3.40. The largest absolute Gasteiger partial charge is 0.493 e. The second-order valence-electron chi connectivity index (χ2n) is 6.12. The highest BCUT2D eigenvalue weighted by Gasteiger charge is 2.21. The highest BCUT2D eigenvalue weighted by atomic mass is 32.2. The average Bonchev–Trinajstić information content (AvgIpc) is 2.58. The minimum absolute atomic E-state index is 0.175. The molecule has 3 rings (SSSR count). The maximum Gasteiger partial charge on any atom is 0.253 e. The van der Waals surface area contributed by atoms with Crippen LogP contribution in [0.5, 0.6) is 5.75 Å². The van der Waals surface area contributed by atoms with Crippen LogP contribution in [0.25, 0.3) is 0 Å². The Hall–Kier alpha value is -2.54. The molecule has 2 aromatic carbocycles. The van der Waals surface area contributed by atoms with E-state index >= 15 is 0 Å². The zero-order chi connectivity index (χ0) is 17.9. The van der Waals surface area contributed by atoms with Crippen LogP contribution in [0.15, 0.2) is 48.5 Å². The Morgan fingerprint density at radius 1 is 1.16 bits per heavy atom. The summed E-state index contributed by atoms with van der Waals surface area (Å²) in [4.78, 5) is 12.5. The number of carbonyl (C=O) groups is 1. The van der Waals surface area contributed by atoms with Gasteiger partial charge in [0.2, 0.25) is 10.0 Å². The van der Waals surface area contributed by atoms with Crippen LogP contribution in [0.3, 0.4) is 0 Å². The van der Waals surface area contributed by atoms with E-state index < -0.39 is 10.0 Å². The molecule has 0 fully saturated rings. The molecule has 1 unspecified atom stereocenters. The fourth-order valence-electron chi connectivity index (χ4n) is 2.82. The summed E-state index contributed by atoms with van der Waals surface area (Å²) in [6, 6.07) is 14.4. The third-order valence-electron chi connectivity index (χ3n) is 3.97. The monoisotopic (exact) mass is 360 g/mol. The molecule has 0 spiro atoms. The number of rotatable bonds is 5. The van der Waals surface area contributed by atoms with Crippen molar-refractivity contribution >= 4 is 21.6 Å². The van der Waals surface area contributed by atoms with Gasteiger partial charge < -0.3 is 10.1 Å². The number of hydrogen-bond donors (Lipinski definition) is 2. The summed E-state index contributed by atoms with van der Waals surface area (Å²) in [6.45, 7) is 1.00. The first-order chi connectivity index (χ1) is 11.9. The van der Waals surface area contributed by atoms with E-state index in [1.165, 1.54) is 0 Å². The van der Waals surface area contributed by atoms with E-state index in [1.807, 2.05) is 24.3 Å². The van der Waals surface area contributed by atoms with Gasteiger partial charge in [-0.3, -0.25) is 9.52 Å². The molecule has 0 aliphatic carbocycles. The van der Waals surface area contributed by atoms with Crippen molar-refractivity contribution in [2.24, 2.45) is 5.92 Å². The smallest absolute Gasteiger partial charge is 0.253 e. The van der Waals surface area contributed by atoms with Crippen LogP contribution >= 0.6 is 0 Å². The number of carbonyl (C=O) groups excluding carboxylic acids is 1. The van der Waals surface area contributed by atoms with Gasteiger partial charge >= 0.3 is 0 Å². The van der Waals surface area contributed by atoms with E-state index in [4.69, 9.17) is 4.74 Å². The number of anilines is 1. The van der Waals surface area contributed by atoms with Crippen LogP contribution in [-0.2, 0) is 16.4 Å². The lowest BCUT2D eigenvalue weighted by molar-refractivity contribution is 0.0940. The molecule has 0 bridgehead atoms. The number of para-hydroxylation sites is 2. The zero-order valence-electron chi connectivity index (χ0n) is 13.9. The Balaban J connectivity index is 1.64. The van der Waals surface area contributed by atoms with Crippen molar-refractivity contribution in [1.29, 1.82) is 0 Å². The summed E-state index contributed by atoms with van der Waals surface area (Å²) >= 11 is 0. The number of benzene rings is 2. The summed E-state index contributed by atoms with van der Waals surface area (Å²) in [5.41, 5.74) is 1.70. The number of nitrogens with one attached hydrogen (secondary N) is 2. The first-order valence-electron chi connectivity index (χ1n) is 7.98. The molecule has 1 heterocycles. The van der Waals surface area contributed by atoms with Gasteiger partial charge in [-0.2, -0.15) is 0 Å². The molecular formula is C18H20N2O4S. The summed E-state index contributed by atoms with van der Waals surface area (Å²) in [5.74, 6) is 0.757. The molecule has 25 heavy (non-hydrogen) atoms. The van der Waals surface area contributed by atoms with Gasteiger partial charge in [0, 0.05) is 12.5 Å². The van der Waals surface area contributed by atoms with E-state index in [0.29, 0.717) is 18.7 Å². The van der Waals surface area contributed by atoms with E-state index in [2.05, 4.69) is 10.0 Å². The molecule has 0 saturated heterocycles. The number of ether oxygens (including phenoxy) is 1. The van der Waals surface area contributed by atoms with Crippen molar-refractivity contribution < 1.29 is 17.9 Å². The maximum absolute atomic E-state index is 12.5. The lowest BCUT2D eigenvalue weighted by Crippen LogP contribution is -2.35. The van der Waals surface area contributed by atoms with Gasteiger partial charge in [-0.1, -0.05) is 30.3 Å². The van der Waals surface area contributed by atoms with Gasteiger partial charge in [0.1, 0.15) is 5.75 Å². The highest BCUT2D eigenvalue weighted by Crippen LogP contribution is 2.26. The quantitative estimate of drug-likeness (QED) is 0.855. The predicted octanol–water partition coefficient (Wildman–Crippen LogP) is 2.04. The van der Waals surface area contributed by atoms with Crippen LogP contribution in [-0.4, -0.2) is 33.7 Å². The minimum atomic E-state index is -3.45. The lowest BCUT2D eigenvalue weighted by Gasteiger charge is -2.25. The molecule has 0 saturated carbocycles. The normalized spacial score (nSPS) is 16.4. The lowest BCUT2D eigenvalue weighted by atomic mass is 9.96. The van der Waals surface area contributed by atoms with Crippen molar-refractivity contribution in [1.82, 2.24) is 5.32 Å². The van der Waals surface area contributed by atoms with Crippen LogP contribution < -0.4 is 14.8 Å². The van der Waals surface area contributed by atoms with Gasteiger partial charge in [0.15, 0.2) is 0 Å². The topological polar surface area (TPSA) is 84.5 Å². The van der Waals surface area contributed by atoms with E-state index in [1.54, 1.807) is 24.3 Å². The van der Waals surface area contributed by atoms with Crippen LogP contribution in [0.2, 0.25) is 0 Å². The average molecular weight is 360 g/mol. The highest BCUT2D eigenvalue weighted by molar-refractivity contribution is 7.92. The van der Waals surface area contributed by atoms with Crippen LogP contribution in [0, 0.1) is 5.92 Å². The van der Waals surface area contributed by atoms with Crippen molar-refractivity contribution in [3.8, 4) is 5.75 Å². The van der Waals surface area contributed by atoms with E-state index in [9.17, 15) is 13.2 Å². The van der Waals surface area contributed by atoms with Crippen molar-refractivity contribution in [2.45, 2.75) is 6.42 Å². The number of amides is 1. The molecule has 7 heteroatoms. The Morgan fingerprint density at radius 2 is 1.88 bits per heavy atom. The standard InChI is InChI=1S/C18H20N2O4S/c1-25(22,23)20-16-8-4-3-7-15(16)18(21)19-11-13-10-14-6-2-5-9-17(14)24-12-13/h2-9,13,20H,10-12H2,1H3,(H,19,21). The maximum atomic E-state index is 12.5. The Morgan fingerprint density at radius 3 is 2.68 bits per heavy atom. The van der Waals surface area contributed by atoms with Gasteiger partial charge in [0.25, 0.3) is 5.91 Å². The SMILES string of the molecule is CS(=O)(=O)Nc1ccccc1C(=O)NCC1COc2ccccc2C1. The zero-order valence-corrected chi connectivity index (χ0v) is 14.7. The van der Waals surface area contributed by atoms with Gasteiger partial charge in [-0.05, 0) is 30.2 Å². The summed E-state index contributed by atoms with van der Waals surface area (Å²) in [5, 5.41) is 2.87. The van der Waals surface area contributed by atoms with Crippen LogP contribution in [0.4, 0.5) is 5.69 Å². The van der Waals surface area contributed by atoms with E-state index in [-0.39, 0.29) is 17.5 Å². The molecule has 1 aliphatic rings. The summed E-state index contributed by atoms with van der Waals surface area (Å²) in [7, 11) is -3.45. The minimum Gasteiger partial charge on any atom is -0.493 e. The molecule has 2 N–H and O–H groups in total. The number of sulfonamides is 1. The Bertz CT molecular complexity index is 880. The number of hydrogen-bond acceptors (Lipinski definition) is 4. The van der Waals surface area contributed by atoms with Gasteiger partial charge in [-0.15, -0.1) is 0 Å². The molecule has 0 aromatic heterocycles. The first-order valence-corrected chi connectivity index (χ1v) is 9.87. The molecule has 1 atom stereocenters. The molecule has 6 nitrogen and oxygen atoms in total. The Kier molecular flexibility index (Phi) is 4.94. The molecule has 132 valence electrons. The predicted molar refractivity (Wildman–Crippen MR) is 96.4 cm³/mol. The van der Waals surface area contributed by atoms with Gasteiger partial charge in [-0.25, -0.2) is 8.42 Å². The van der Waals surface area contributed by atoms with Crippen molar-refractivity contribution in [3.05, 3.63) is 59.7 Å². The van der Waals surface area contributed by atoms with E-state index in [0.717, 1.165) is 24.0 Å². The van der Waals surface area contributed by atoms with Crippen molar-refractivity contribution in [3.63, 3.8) is 0 Å². The molecule has 1 aliphatic heterocycles. The Labute approximate surface area is 147 Å². The number of fused-ring (bicyclic) bond motifs is 1.